The van der Waals surface area contributed by atoms with E-state index in [9.17, 15) is 4.79 Å². The quantitative estimate of drug-likeness (QED) is 0.627. The first kappa shape index (κ1) is 19.2. The summed E-state index contributed by atoms with van der Waals surface area (Å²) >= 11 is 0. The molecule has 3 aromatic rings. The number of amides is 1. The molecular weight excluding hydrogens is 354 g/mol. The van der Waals surface area contributed by atoms with Crippen molar-refractivity contribution in [2.24, 2.45) is 0 Å². The normalized spacial score (nSPS) is 10.2. The Balaban J connectivity index is 1.68. The van der Waals surface area contributed by atoms with Crippen molar-refractivity contribution in [1.82, 2.24) is 4.98 Å². The van der Waals surface area contributed by atoms with Crippen LogP contribution in [0.4, 0.5) is 17.1 Å². The van der Waals surface area contributed by atoms with Crippen molar-refractivity contribution >= 4 is 23.0 Å². The summed E-state index contributed by atoms with van der Waals surface area (Å²) in [6.45, 7) is 2.09. The Bertz CT molecular complexity index is 938. The third-order valence-corrected chi connectivity index (χ3v) is 4.30. The van der Waals surface area contributed by atoms with Gasteiger partial charge < -0.3 is 20.1 Å². The van der Waals surface area contributed by atoms with E-state index in [-0.39, 0.29) is 5.91 Å². The molecule has 1 aromatic heterocycles. The highest BCUT2D eigenvalue weighted by Gasteiger charge is 2.09. The average molecular weight is 377 g/mol. The van der Waals surface area contributed by atoms with Gasteiger partial charge in [0.1, 0.15) is 17.2 Å². The molecule has 6 heteroatoms. The molecule has 1 amide bonds. The van der Waals surface area contributed by atoms with Crippen molar-refractivity contribution in [2.75, 3.05) is 24.9 Å². The molecule has 0 saturated heterocycles. The van der Waals surface area contributed by atoms with Gasteiger partial charge in [0.2, 0.25) is 0 Å². The number of benzene rings is 2. The van der Waals surface area contributed by atoms with Crippen LogP contribution in [0.25, 0.3) is 0 Å². The van der Waals surface area contributed by atoms with Gasteiger partial charge in [-0.2, -0.15) is 0 Å². The van der Waals surface area contributed by atoms with Gasteiger partial charge >= 0.3 is 0 Å². The van der Waals surface area contributed by atoms with E-state index in [4.69, 9.17) is 9.47 Å². The van der Waals surface area contributed by atoms with E-state index in [0.717, 1.165) is 23.5 Å². The number of carbonyl (C=O) groups excluding carboxylic acids is 1. The molecule has 2 aromatic carbocycles. The molecular formula is C22H23N3O3. The predicted molar refractivity (Wildman–Crippen MR) is 111 cm³/mol. The van der Waals surface area contributed by atoms with Gasteiger partial charge in [-0.15, -0.1) is 0 Å². The Morgan fingerprint density at radius 3 is 2.32 bits per heavy atom. The van der Waals surface area contributed by atoms with E-state index in [1.165, 1.54) is 5.56 Å². The largest absolute Gasteiger partial charge is 0.497 e. The minimum atomic E-state index is -0.252. The molecule has 144 valence electrons. The zero-order chi connectivity index (χ0) is 19.9. The number of pyridine rings is 1. The summed E-state index contributed by atoms with van der Waals surface area (Å²) in [5.41, 5.74) is 3.83. The number of aromatic nitrogens is 1. The molecule has 28 heavy (non-hydrogen) atoms. The lowest BCUT2D eigenvalue weighted by Gasteiger charge is -2.12. The number of ether oxygens (including phenoxy) is 2. The average Bonchev–Trinajstić information content (AvgIpc) is 2.75. The third-order valence-electron chi connectivity index (χ3n) is 4.30. The van der Waals surface area contributed by atoms with Crippen molar-refractivity contribution in [3.8, 4) is 11.5 Å². The molecule has 0 aliphatic rings. The molecule has 2 N–H and O–H groups in total. The van der Waals surface area contributed by atoms with Gasteiger partial charge in [0.25, 0.3) is 5.91 Å². The molecule has 1 heterocycles. The van der Waals surface area contributed by atoms with Crippen molar-refractivity contribution in [1.29, 1.82) is 0 Å². The van der Waals surface area contributed by atoms with Crippen LogP contribution in [0.3, 0.4) is 0 Å². The van der Waals surface area contributed by atoms with Crippen LogP contribution in [-0.4, -0.2) is 25.1 Å². The molecule has 0 saturated carbocycles. The van der Waals surface area contributed by atoms with Crippen LogP contribution in [0.15, 0.2) is 60.8 Å². The maximum Gasteiger partial charge on any atom is 0.274 e. The summed E-state index contributed by atoms with van der Waals surface area (Å²) < 4.78 is 10.6. The van der Waals surface area contributed by atoms with Gasteiger partial charge in [-0.05, 0) is 48.4 Å². The molecule has 0 aliphatic heterocycles. The summed E-state index contributed by atoms with van der Waals surface area (Å²) in [4.78, 5) is 16.6. The molecule has 0 fully saturated rings. The SMILES string of the molecule is CCc1ccc(NC(=O)c2ccc(Nc3ccc(OC)cc3OC)cn2)cc1. The highest BCUT2D eigenvalue weighted by molar-refractivity contribution is 6.03. The van der Waals surface area contributed by atoms with Crippen molar-refractivity contribution in [3.05, 3.63) is 72.1 Å². The number of carbonyl (C=O) groups is 1. The monoisotopic (exact) mass is 377 g/mol. The van der Waals surface area contributed by atoms with Crippen molar-refractivity contribution in [3.63, 3.8) is 0 Å². The van der Waals surface area contributed by atoms with Gasteiger partial charge in [0, 0.05) is 11.8 Å². The zero-order valence-electron chi connectivity index (χ0n) is 16.2. The van der Waals surface area contributed by atoms with E-state index in [1.54, 1.807) is 38.6 Å². The number of hydrogen-bond acceptors (Lipinski definition) is 5. The molecule has 0 unspecified atom stereocenters. The second kappa shape index (κ2) is 8.90. The Hall–Kier alpha value is -3.54. The van der Waals surface area contributed by atoms with Crippen LogP contribution >= 0.6 is 0 Å². The van der Waals surface area contributed by atoms with E-state index >= 15 is 0 Å². The van der Waals surface area contributed by atoms with Gasteiger partial charge in [0.05, 0.1) is 31.8 Å². The maximum absolute atomic E-state index is 12.4. The Kier molecular flexibility index (Phi) is 6.11. The van der Waals surface area contributed by atoms with Crippen LogP contribution in [0.5, 0.6) is 11.5 Å². The molecule has 0 spiro atoms. The van der Waals surface area contributed by atoms with Gasteiger partial charge in [-0.25, -0.2) is 4.98 Å². The topological polar surface area (TPSA) is 72.5 Å². The highest BCUT2D eigenvalue weighted by Crippen LogP contribution is 2.31. The third kappa shape index (κ3) is 4.59. The maximum atomic E-state index is 12.4. The van der Waals surface area contributed by atoms with Crippen LogP contribution in [-0.2, 0) is 6.42 Å². The van der Waals surface area contributed by atoms with E-state index in [2.05, 4.69) is 22.5 Å². The molecule has 0 radical (unpaired) electrons. The molecule has 0 aliphatic carbocycles. The number of aryl methyl sites for hydroxylation is 1. The second-order valence-electron chi connectivity index (χ2n) is 6.13. The number of rotatable bonds is 7. The molecule has 3 rings (SSSR count). The molecule has 6 nitrogen and oxygen atoms in total. The number of anilines is 3. The first-order chi connectivity index (χ1) is 13.6. The summed E-state index contributed by atoms with van der Waals surface area (Å²) in [6, 6.07) is 16.7. The second-order valence-corrected chi connectivity index (χ2v) is 6.13. The number of hydrogen-bond donors (Lipinski definition) is 2. The molecule has 0 bridgehead atoms. The van der Waals surface area contributed by atoms with E-state index in [1.807, 2.05) is 36.4 Å². The summed E-state index contributed by atoms with van der Waals surface area (Å²) in [6.07, 6.45) is 2.57. The minimum Gasteiger partial charge on any atom is -0.497 e. The fraction of sp³-hybridized carbons (Fsp3) is 0.182. The predicted octanol–water partition coefficient (Wildman–Crippen LogP) is 4.66. The summed E-state index contributed by atoms with van der Waals surface area (Å²) in [5.74, 6) is 1.11. The van der Waals surface area contributed by atoms with Gasteiger partial charge in [-0.3, -0.25) is 4.79 Å². The van der Waals surface area contributed by atoms with Gasteiger partial charge in [0.15, 0.2) is 0 Å². The Morgan fingerprint density at radius 2 is 1.71 bits per heavy atom. The number of nitrogens with one attached hydrogen (secondary N) is 2. The lowest BCUT2D eigenvalue weighted by Crippen LogP contribution is -2.13. The minimum absolute atomic E-state index is 0.252. The van der Waals surface area contributed by atoms with E-state index in [0.29, 0.717) is 17.2 Å². The lowest BCUT2D eigenvalue weighted by atomic mass is 10.1. The van der Waals surface area contributed by atoms with Crippen LogP contribution in [0, 0.1) is 0 Å². The van der Waals surface area contributed by atoms with Crippen LogP contribution in [0.1, 0.15) is 23.0 Å². The summed E-state index contributed by atoms with van der Waals surface area (Å²) in [5, 5.41) is 6.08. The van der Waals surface area contributed by atoms with Crippen LogP contribution in [0.2, 0.25) is 0 Å². The standard InChI is InChI=1S/C22H23N3O3/c1-4-15-5-7-16(8-6-15)25-22(26)20-11-9-17(14-23-20)24-19-12-10-18(27-2)13-21(19)28-3/h5-14,24H,4H2,1-3H3,(H,25,26). The summed E-state index contributed by atoms with van der Waals surface area (Å²) in [7, 11) is 3.20. The van der Waals surface area contributed by atoms with E-state index < -0.39 is 0 Å². The Labute approximate surface area is 164 Å². The fourth-order valence-corrected chi connectivity index (χ4v) is 2.68. The lowest BCUT2D eigenvalue weighted by molar-refractivity contribution is 0.102. The zero-order valence-corrected chi connectivity index (χ0v) is 16.2. The van der Waals surface area contributed by atoms with Crippen molar-refractivity contribution < 1.29 is 14.3 Å². The van der Waals surface area contributed by atoms with Crippen molar-refractivity contribution in [2.45, 2.75) is 13.3 Å². The number of nitrogens with zero attached hydrogens (tertiary/aromatic N) is 1. The number of methoxy groups -OCH3 is 2. The first-order valence-corrected chi connectivity index (χ1v) is 8.98. The highest BCUT2D eigenvalue weighted by atomic mass is 16.5. The fourth-order valence-electron chi connectivity index (χ4n) is 2.68. The van der Waals surface area contributed by atoms with Gasteiger partial charge in [-0.1, -0.05) is 19.1 Å². The van der Waals surface area contributed by atoms with Crippen LogP contribution < -0.4 is 20.1 Å². The molecule has 0 atom stereocenters. The smallest absolute Gasteiger partial charge is 0.274 e. The first-order valence-electron chi connectivity index (χ1n) is 8.98. The Morgan fingerprint density at radius 1 is 0.964 bits per heavy atom.